The smallest absolute Gasteiger partial charge is 0.274 e. The Morgan fingerprint density at radius 3 is 3.00 bits per heavy atom. The van der Waals surface area contributed by atoms with Crippen molar-refractivity contribution in [2.75, 3.05) is 31.6 Å². The Balaban J connectivity index is 1.27. The van der Waals surface area contributed by atoms with Gasteiger partial charge in [-0.2, -0.15) is 5.10 Å². The van der Waals surface area contributed by atoms with Crippen LogP contribution in [0.4, 0.5) is 5.69 Å². The van der Waals surface area contributed by atoms with E-state index in [0.717, 1.165) is 67.1 Å². The first-order valence-electron chi connectivity index (χ1n) is 9.79. The van der Waals surface area contributed by atoms with E-state index in [1.54, 1.807) is 0 Å². The Labute approximate surface area is 158 Å². The van der Waals surface area contributed by atoms with Crippen LogP contribution in [-0.4, -0.2) is 53.3 Å². The van der Waals surface area contributed by atoms with Gasteiger partial charge in [-0.1, -0.05) is 0 Å². The minimum absolute atomic E-state index is 0.0584. The van der Waals surface area contributed by atoms with Crippen LogP contribution in [0, 0.1) is 0 Å². The summed E-state index contributed by atoms with van der Waals surface area (Å²) in [6.45, 7) is 2.65. The second-order valence-corrected chi connectivity index (χ2v) is 7.48. The number of H-pyrrole nitrogens is 1. The van der Waals surface area contributed by atoms with Gasteiger partial charge in [0.25, 0.3) is 5.91 Å². The molecule has 2 aromatic rings. The van der Waals surface area contributed by atoms with Gasteiger partial charge in [0, 0.05) is 42.1 Å². The number of carbonyl (C=O) groups is 1. The third-order valence-electron chi connectivity index (χ3n) is 5.63. The molecule has 5 rings (SSSR count). The monoisotopic (exact) mass is 368 g/mol. The van der Waals surface area contributed by atoms with E-state index in [4.69, 9.17) is 9.47 Å². The standard InChI is InChI=1S/C20H24N4O3/c25-20(19-15-4-1-5-16(15)22-23-19)24-8-2-3-14(12-24)21-13-6-7-17-18(11-13)27-10-9-26-17/h6-7,11,14,21H,1-5,8-10,12H2,(H,22,23)/t14-/m1/s1. The van der Waals surface area contributed by atoms with Gasteiger partial charge in [-0.25, -0.2) is 0 Å². The molecule has 3 heterocycles. The van der Waals surface area contributed by atoms with E-state index in [1.165, 1.54) is 0 Å². The van der Waals surface area contributed by atoms with Gasteiger partial charge in [-0.05, 0) is 44.2 Å². The molecule has 27 heavy (non-hydrogen) atoms. The molecule has 0 radical (unpaired) electrons. The molecule has 2 aliphatic heterocycles. The number of aryl methyl sites for hydroxylation is 1. The highest BCUT2D eigenvalue weighted by molar-refractivity contribution is 5.94. The van der Waals surface area contributed by atoms with Crippen molar-refractivity contribution in [3.05, 3.63) is 35.2 Å². The number of piperidine rings is 1. The van der Waals surface area contributed by atoms with Crippen molar-refractivity contribution in [2.24, 2.45) is 0 Å². The van der Waals surface area contributed by atoms with Crippen molar-refractivity contribution in [3.63, 3.8) is 0 Å². The molecule has 7 heteroatoms. The molecule has 1 saturated heterocycles. The summed E-state index contributed by atoms with van der Waals surface area (Å²) in [4.78, 5) is 14.9. The summed E-state index contributed by atoms with van der Waals surface area (Å²) in [5, 5.41) is 10.9. The fraction of sp³-hybridized carbons (Fsp3) is 0.500. The zero-order valence-corrected chi connectivity index (χ0v) is 15.3. The quantitative estimate of drug-likeness (QED) is 0.870. The molecule has 3 aliphatic rings. The lowest BCUT2D eigenvalue weighted by atomic mass is 10.0. The average molecular weight is 368 g/mol. The van der Waals surface area contributed by atoms with Gasteiger partial charge in [-0.15, -0.1) is 0 Å². The zero-order valence-electron chi connectivity index (χ0n) is 15.3. The summed E-state index contributed by atoms with van der Waals surface area (Å²) in [7, 11) is 0. The van der Waals surface area contributed by atoms with E-state index in [9.17, 15) is 4.79 Å². The number of rotatable bonds is 3. The van der Waals surface area contributed by atoms with E-state index in [0.29, 0.717) is 25.5 Å². The number of aromatic nitrogens is 2. The van der Waals surface area contributed by atoms with Crippen LogP contribution in [0.15, 0.2) is 18.2 Å². The van der Waals surface area contributed by atoms with E-state index < -0.39 is 0 Å². The number of hydrogen-bond acceptors (Lipinski definition) is 5. The van der Waals surface area contributed by atoms with E-state index in [1.807, 2.05) is 23.1 Å². The Kier molecular flexibility index (Phi) is 4.14. The van der Waals surface area contributed by atoms with Crippen molar-refractivity contribution < 1.29 is 14.3 Å². The van der Waals surface area contributed by atoms with Crippen LogP contribution in [0.25, 0.3) is 0 Å². The predicted octanol–water partition coefficient (Wildman–Crippen LogP) is 2.39. The van der Waals surface area contributed by atoms with Gasteiger partial charge in [0.2, 0.25) is 0 Å². The minimum Gasteiger partial charge on any atom is -0.486 e. The van der Waals surface area contributed by atoms with Crippen LogP contribution in [0.3, 0.4) is 0 Å². The number of nitrogens with one attached hydrogen (secondary N) is 2. The molecule has 0 spiro atoms. The first-order chi connectivity index (χ1) is 13.3. The Hall–Kier alpha value is -2.70. The summed E-state index contributed by atoms with van der Waals surface area (Å²) >= 11 is 0. The molecule has 1 atom stereocenters. The molecule has 1 fully saturated rings. The number of fused-ring (bicyclic) bond motifs is 2. The third-order valence-corrected chi connectivity index (χ3v) is 5.63. The molecule has 0 bridgehead atoms. The van der Waals surface area contributed by atoms with Gasteiger partial charge in [0.15, 0.2) is 17.2 Å². The van der Waals surface area contributed by atoms with Crippen LogP contribution in [0.5, 0.6) is 11.5 Å². The Morgan fingerprint density at radius 2 is 2.07 bits per heavy atom. The van der Waals surface area contributed by atoms with Crippen molar-refractivity contribution in [2.45, 2.75) is 38.1 Å². The molecule has 0 unspecified atom stereocenters. The number of aromatic amines is 1. The molecule has 1 aromatic heterocycles. The van der Waals surface area contributed by atoms with Crippen LogP contribution in [0.2, 0.25) is 0 Å². The molecule has 2 N–H and O–H groups in total. The fourth-order valence-electron chi connectivity index (χ4n) is 4.29. The summed E-state index contributed by atoms with van der Waals surface area (Å²) < 4.78 is 11.2. The first kappa shape index (κ1) is 16.5. The highest BCUT2D eigenvalue weighted by atomic mass is 16.6. The minimum atomic E-state index is 0.0584. The summed E-state index contributed by atoms with van der Waals surface area (Å²) in [5.74, 6) is 1.63. The molecule has 7 nitrogen and oxygen atoms in total. The van der Waals surface area contributed by atoms with Crippen LogP contribution in [0.1, 0.15) is 41.0 Å². The van der Waals surface area contributed by atoms with Gasteiger partial charge in [0.1, 0.15) is 13.2 Å². The SMILES string of the molecule is O=C(c1n[nH]c2c1CCC2)N1CCC[C@@H](Nc2ccc3c(c2)OCCO3)C1. The van der Waals surface area contributed by atoms with Crippen molar-refractivity contribution >= 4 is 11.6 Å². The summed E-state index contributed by atoms with van der Waals surface area (Å²) in [5.41, 5.74) is 3.89. The predicted molar refractivity (Wildman–Crippen MR) is 101 cm³/mol. The van der Waals surface area contributed by atoms with Crippen LogP contribution >= 0.6 is 0 Å². The number of anilines is 1. The Morgan fingerprint density at radius 1 is 1.19 bits per heavy atom. The molecule has 0 saturated carbocycles. The fourth-order valence-corrected chi connectivity index (χ4v) is 4.29. The molecule has 1 aliphatic carbocycles. The van der Waals surface area contributed by atoms with Gasteiger partial charge < -0.3 is 19.7 Å². The number of amides is 1. The van der Waals surface area contributed by atoms with Gasteiger partial charge >= 0.3 is 0 Å². The number of hydrogen-bond donors (Lipinski definition) is 2. The number of likely N-dealkylation sites (tertiary alicyclic amines) is 1. The zero-order chi connectivity index (χ0) is 18.2. The number of benzene rings is 1. The number of carbonyl (C=O) groups excluding carboxylic acids is 1. The topological polar surface area (TPSA) is 79.5 Å². The maximum atomic E-state index is 13.0. The Bertz CT molecular complexity index is 863. The maximum Gasteiger partial charge on any atom is 0.274 e. The lowest BCUT2D eigenvalue weighted by molar-refractivity contribution is 0.0707. The lowest BCUT2D eigenvalue weighted by Crippen LogP contribution is -2.45. The first-order valence-corrected chi connectivity index (χ1v) is 9.79. The van der Waals surface area contributed by atoms with Crippen molar-refractivity contribution in [3.8, 4) is 11.5 Å². The molecule has 142 valence electrons. The van der Waals surface area contributed by atoms with Crippen molar-refractivity contribution in [1.29, 1.82) is 0 Å². The van der Waals surface area contributed by atoms with Crippen molar-refractivity contribution in [1.82, 2.24) is 15.1 Å². The summed E-state index contributed by atoms with van der Waals surface area (Å²) in [6, 6.07) is 6.15. The molecular weight excluding hydrogens is 344 g/mol. The number of nitrogens with zero attached hydrogens (tertiary/aromatic N) is 2. The molecule has 1 aromatic carbocycles. The molecule has 1 amide bonds. The normalized spacial score (nSPS) is 21.0. The summed E-state index contributed by atoms with van der Waals surface area (Å²) in [6.07, 6.45) is 5.10. The third kappa shape index (κ3) is 3.11. The highest BCUT2D eigenvalue weighted by Gasteiger charge is 2.30. The van der Waals surface area contributed by atoms with E-state index in [2.05, 4.69) is 15.5 Å². The van der Waals surface area contributed by atoms with E-state index in [-0.39, 0.29) is 11.9 Å². The maximum absolute atomic E-state index is 13.0. The lowest BCUT2D eigenvalue weighted by Gasteiger charge is -2.33. The largest absolute Gasteiger partial charge is 0.486 e. The number of ether oxygens (including phenoxy) is 2. The van der Waals surface area contributed by atoms with E-state index >= 15 is 0 Å². The second kappa shape index (κ2) is 6.79. The highest BCUT2D eigenvalue weighted by Crippen LogP contribution is 2.33. The van der Waals surface area contributed by atoms with Crippen LogP contribution < -0.4 is 14.8 Å². The average Bonchev–Trinajstić information content (AvgIpc) is 3.31. The second-order valence-electron chi connectivity index (χ2n) is 7.48. The van der Waals surface area contributed by atoms with Gasteiger partial charge in [-0.3, -0.25) is 9.89 Å². The van der Waals surface area contributed by atoms with Gasteiger partial charge in [0.05, 0.1) is 0 Å². The molecular formula is C20H24N4O3. The van der Waals surface area contributed by atoms with Crippen LogP contribution in [-0.2, 0) is 12.8 Å².